The average Bonchev–Trinajstić information content (AvgIpc) is 2.90. The number of likely N-dealkylation sites (N-methyl/N-ethyl adjacent to an activating group) is 1. The summed E-state index contributed by atoms with van der Waals surface area (Å²) in [5.41, 5.74) is 2.29. The Kier molecular flexibility index (Phi) is 7.51. The highest BCUT2D eigenvalue weighted by atomic mass is 16.5. The second kappa shape index (κ2) is 10.3. The van der Waals surface area contributed by atoms with Crippen molar-refractivity contribution in [2.45, 2.75) is 45.6 Å². The number of anilines is 2. The lowest BCUT2D eigenvalue weighted by Gasteiger charge is -2.29. The summed E-state index contributed by atoms with van der Waals surface area (Å²) in [6.45, 7) is 5.80. The van der Waals surface area contributed by atoms with E-state index < -0.39 is 0 Å². The Balaban J connectivity index is 1.67. The van der Waals surface area contributed by atoms with Crippen LogP contribution in [0.25, 0.3) is 0 Å². The maximum absolute atomic E-state index is 13.2. The van der Waals surface area contributed by atoms with Crippen LogP contribution in [0.5, 0.6) is 5.75 Å². The topological polar surface area (TPSA) is 79.0 Å². The SMILES string of the molecule is CC[C@H](C)c1ccccc1OCC(=O)N(C)CC(=O)N1c2ccccc2NC(=O)C[C@@H]1C. The van der Waals surface area contributed by atoms with Gasteiger partial charge in [0, 0.05) is 19.5 Å². The van der Waals surface area contributed by atoms with Crippen molar-refractivity contribution in [3.05, 3.63) is 54.1 Å². The van der Waals surface area contributed by atoms with Crippen molar-refractivity contribution < 1.29 is 19.1 Å². The minimum absolute atomic E-state index is 0.109. The molecule has 170 valence electrons. The molecular formula is C25H31N3O4. The second-order valence-electron chi connectivity index (χ2n) is 8.27. The van der Waals surface area contributed by atoms with E-state index in [0.29, 0.717) is 23.0 Å². The molecule has 2 atom stereocenters. The fourth-order valence-electron chi connectivity index (χ4n) is 3.82. The summed E-state index contributed by atoms with van der Waals surface area (Å²) in [5.74, 6) is 0.328. The van der Waals surface area contributed by atoms with Crippen LogP contribution < -0.4 is 15.0 Å². The fraction of sp³-hybridized carbons (Fsp3) is 0.400. The van der Waals surface area contributed by atoms with E-state index in [9.17, 15) is 14.4 Å². The monoisotopic (exact) mass is 437 g/mol. The summed E-state index contributed by atoms with van der Waals surface area (Å²) < 4.78 is 5.81. The molecule has 32 heavy (non-hydrogen) atoms. The summed E-state index contributed by atoms with van der Waals surface area (Å²) in [4.78, 5) is 41.0. The van der Waals surface area contributed by atoms with Crippen molar-refractivity contribution in [2.75, 3.05) is 30.4 Å². The summed E-state index contributed by atoms with van der Waals surface area (Å²) >= 11 is 0. The molecule has 1 aliphatic heterocycles. The van der Waals surface area contributed by atoms with Crippen LogP contribution in [0, 0.1) is 0 Å². The van der Waals surface area contributed by atoms with Crippen molar-refractivity contribution >= 4 is 29.1 Å². The van der Waals surface area contributed by atoms with E-state index in [4.69, 9.17) is 4.74 Å². The Morgan fingerprint density at radius 2 is 1.88 bits per heavy atom. The van der Waals surface area contributed by atoms with E-state index in [1.54, 1.807) is 24.1 Å². The molecule has 0 spiro atoms. The van der Waals surface area contributed by atoms with Crippen LogP contribution in [0.1, 0.15) is 45.1 Å². The van der Waals surface area contributed by atoms with Gasteiger partial charge in [-0.05, 0) is 43.0 Å². The Morgan fingerprint density at radius 1 is 1.19 bits per heavy atom. The predicted molar refractivity (Wildman–Crippen MR) is 125 cm³/mol. The van der Waals surface area contributed by atoms with Crippen LogP contribution in [0.15, 0.2) is 48.5 Å². The molecule has 1 heterocycles. The number of benzene rings is 2. The van der Waals surface area contributed by atoms with Crippen LogP contribution in [-0.4, -0.2) is 48.9 Å². The van der Waals surface area contributed by atoms with E-state index >= 15 is 0 Å². The van der Waals surface area contributed by atoms with Crippen LogP contribution in [-0.2, 0) is 14.4 Å². The first-order valence-corrected chi connectivity index (χ1v) is 11.0. The Hall–Kier alpha value is -3.35. The number of nitrogens with one attached hydrogen (secondary N) is 1. The molecule has 2 aromatic carbocycles. The molecule has 0 saturated heterocycles. The van der Waals surface area contributed by atoms with Crippen LogP contribution in [0.3, 0.4) is 0 Å². The molecule has 0 aliphatic carbocycles. The van der Waals surface area contributed by atoms with E-state index in [1.807, 2.05) is 43.3 Å². The molecule has 3 rings (SSSR count). The van der Waals surface area contributed by atoms with Gasteiger partial charge in [0.1, 0.15) is 5.75 Å². The molecule has 0 bridgehead atoms. The third-order valence-corrected chi connectivity index (χ3v) is 5.84. The minimum Gasteiger partial charge on any atom is -0.483 e. The van der Waals surface area contributed by atoms with Crippen molar-refractivity contribution in [3.63, 3.8) is 0 Å². The molecule has 7 nitrogen and oxygen atoms in total. The number of nitrogens with zero attached hydrogens (tertiary/aromatic N) is 2. The van der Waals surface area contributed by atoms with E-state index in [-0.39, 0.29) is 43.3 Å². The Labute approximate surface area is 189 Å². The van der Waals surface area contributed by atoms with Gasteiger partial charge in [0.25, 0.3) is 5.91 Å². The normalized spacial score (nSPS) is 16.4. The molecule has 7 heteroatoms. The van der Waals surface area contributed by atoms with Crippen molar-refractivity contribution in [1.82, 2.24) is 4.90 Å². The van der Waals surface area contributed by atoms with Crippen LogP contribution >= 0.6 is 0 Å². The molecule has 0 fully saturated rings. The molecule has 0 saturated carbocycles. The molecule has 0 unspecified atom stereocenters. The van der Waals surface area contributed by atoms with Gasteiger partial charge >= 0.3 is 0 Å². The van der Waals surface area contributed by atoms with Gasteiger partial charge < -0.3 is 19.9 Å². The minimum atomic E-state index is -0.326. The largest absolute Gasteiger partial charge is 0.483 e. The Bertz CT molecular complexity index is 991. The number of hydrogen-bond donors (Lipinski definition) is 1. The smallest absolute Gasteiger partial charge is 0.260 e. The summed E-state index contributed by atoms with van der Waals surface area (Å²) in [7, 11) is 1.59. The third kappa shape index (κ3) is 5.28. The van der Waals surface area contributed by atoms with Crippen molar-refractivity contribution in [2.24, 2.45) is 0 Å². The lowest BCUT2D eigenvalue weighted by molar-refractivity contribution is -0.135. The van der Waals surface area contributed by atoms with Crippen molar-refractivity contribution in [1.29, 1.82) is 0 Å². The first-order chi connectivity index (χ1) is 15.3. The van der Waals surface area contributed by atoms with Gasteiger partial charge in [-0.25, -0.2) is 0 Å². The highest BCUT2D eigenvalue weighted by Crippen LogP contribution is 2.31. The van der Waals surface area contributed by atoms with Gasteiger partial charge in [-0.2, -0.15) is 0 Å². The molecule has 2 aromatic rings. The van der Waals surface area contributed by atoms with Gasteiger partial charge in [0.05, 0.1) is 17.9 Å². The highest BCUT2D eigenvalue weighted by molar-refractivity contribution is 6.05. The molecule has 1 N–H and O–H groups in total. The predicted octanol–water partition coefficient (Wildman–Crippen LogP) is 3.80. The number of rotatable bonds is 7. The van der Waals surface area contributed by atoms with E-state index in [1.165, 1.54) is 4.90 Å². The standard InChI is InChI=1S/C25H31N3O4/c1-5-17(2)19-10-6-9-13-22(19)32-16-25(31)27(4)15-24(30)28-18(3)14-23(29)26-20-11-7-8-12-21(20)28/h6-13,17-18H,5,14-16H2,1-4H3,(H,26,29)/t17-,18-/m0/s1. The summed E-state index contributed by atoms with van der Waals surface area (Å²) in [5, 5.41) is 2.84. The molecule has 3 amide bonds. The molecule has 1 aliphatic rings. The van der Waals surface area contributed by atoms with Gasteiger partial charge in [0.15, 0.2) is 6.61 Å². The third-order valence-electron chi connectivity index (χ3n) is 5.84. The molecule has 0 aromatic heterocycles. The number of hydrogen-bond acceptors (Lipinski definition) is 4. The van der Waals surface area contributed by atoms with Gasteiger partial charge in [-0.15, -0.1) is 0 Å². The first kappa shape index (κ1) is 23.3. The quantitative estimate of drug-likeness (QED) is 0.715. The summed E-state index contributed by atoms with van der Waals surface area (Å²) in [6.07, 6.45) is 1.16. The maximum atomic E-state index is 13.2. The lowest BCUT2D eigenvalue weighted by atomic mass is 9.98. The van der Waals surface area contributed by atoms with Gasteiger partial charge in [-0.1, -0.05) is 44.2 Å². The van der Waals surface area contributed by atoms with Crippen molar-refractivity contribution in [3.8, 4) is 5.75 Å². The highest BCUT2D eigenvalue weighted by Gasteiger charge is 2.30. The number of amides is 3. The number of para-hydroxylation sites is 3. The van der Waals surface area contributed by atoms with E-state index in [0.717, 1.165) is 12.0 Å². The first-order valence-electron chi connectivity index (χ1n) is 11.0. The maximum Gasteiger partial charge on any atom is 0.260 e. The van der Waals surface area contributed by atoms with Crippen LogP contribution in [0.4, 0.5) is 11.4 Å². The second-order valence-corrected chi connectivity index (χ2v) is 8.27. The fourth-order valence-corrected chi connectivity index (χ4v) is 3.82. The zero-order chi connectivity index (χ0) is 23.3. The molecular weight excluding hydrogens is 406 g/mol. The zero-order valence-corrected chi connectivity index (χ0v) is 19.1. The zero-order valence-electron chi connectivity index (χ0n) is 19.1. The number of fused-ring (bicyclic) bond motifs is 1. The summed E-state index contributed by atoms with van der Waals surface area (Å²) in [6, 6.07) is 14.6. The number of ether oxygens (including phenoxy) is 1. The molecule has 0 radical (unpaired) electrons. The Morgan fingerprint density at radius 3 is 2.62 bits per heavy atom. The van der Waals surface area contributed by atoms with E-state index in [2.05, 4.69) is 19.2 Å². The number of carbonyl (C=O) groups is 3. The lowest BCUT2D eigenvalue weighted by Crippen LogP contribution is -2.46. The van der Waals surface area contributed by atoms with Gasteiger partial charge in [0.2, 0.25) is 11.8 Å². The average molecular weight is 438 g/mol. The van der Waals surface area contributed by atoms with Gasteiger partial charge in [-0.3, -0.25) is 14.4 Å². The van der Waals surface area contributed by atoms with Crippen LogP contribution in [0.2, 0.25) is 0 Å². The number of carbonyl (C=O) groups excluding carboxylic acids is 3.